The van der Waals surface area contributed by atoms with Crippen LogP contribution in [0.2, 0.25) is 0 Å². The Labute approximate surface area is 188 Å². The van der Waals surface area contributed by atoms with Crippen LogP contribution in [0.5, 0.6) is 5.75 Å². The lowest BCUT2D eigenvalue weighted by molar-refractivity contribution is -0.134. The molecule has 0 saturated carbocycles. The van der Waals surface area contributed by atoms with E-state index in [0.717, 1.165) is 10.7 Å². The number of thioether (sulfide) groups is 1. The zero-order valence-electron chi connectivity index (χ0n) is 17.0. The minimum absolute atomic E-state index is 0. The Bertz CT molecular complexity index is 866. The normalized spacial score (nSPS) is 18.5. The first-order valence-electron chi connectivity index (χ1n) is 9.22. The van der Waals surface area contributed by atoms with Crippen molar-refractivity contribution in [1.82, 2.24) is 9.79 Å². The largest absolute Gasteiger partial charge is 0.481 e. The lowest BCUT2D eigenvalue weighted by atomic mass is 10.0. The van der Waals surface area contributed by atoms with E-state index < -0.39 is 26.7 Å². The third-order valence-corrected chi connectivity index (χ3v) is 7.70. The van der Waals surface area contributed by atoms with Gasteiger partial charge in [0.05, 0.1) is 4.90 Å². The Morgan fingerprint density at radius 1 is 1.37 bits per heavy atom. The molecule has 0 spiro atoms. The molecule has 1 aromatic rings. The van der Waals surface area contributed by atoms with E-state index in [1.54, 1.807) is 31.5 Å². The summed E-state index contributed by atoms with van der Waals surface area (Å²) in [5, 5.41) is 9.10. The van der Waals surface area contributed by atoms with Gasteiger partial charge in [-0.15, -0.1) is 12.4 Å². The van der Waals surface area contributed by atoms with Gasteiger partial charge < -0.3 is 10.5 Å². The third-order valence-electron chi connectivity index (χ3n) is 4.46. The van der Waals surface area contributed by atoms with Gasteiger partial charge >= 0.3 is 0 Å². The number of amides is 1. The molecule has 4 N–H and O–H groups in total. The van der Waals surface area contributed by atoms with E-state index in [9.17, 15) is 13.2 Å². The molecule has 0 bridgehead atoms. The maximum Gasteiger partial charge on any atom is 0.263 e. The van der Waals surface area contributed by atoms with Crippen molar-refractivity contribution in [3.05, 3.63) is 24.3 Å². The van der Waals surface area contributed by atoms with Crippen molar-refractivity contribution in [3.63, 3.8) is 0 Å². The van der Waals surface area contributed by atoms with E-state index in [-0.39, 0.29) is 30.5 Å². The zero-order chi connectivity index (χ0) is 21.5. The summed E-state index contributed by atoms with van der Waals surface area (Å²) in [6, 6.07) is 4.96. The van der Waals surface area contributed by atoms with Gasteiger partial charge in [0.25, 0.3) is 5.91 Å². The van der Waals surface area contributed by atoms with E-state index in [2.05, 4.69) is 11.8 Å². The first-order valence-corrected chi connectivity index (χ1v) is 11.6. The SMILES string of the molecule is CC1(C)SCCN(S(=O)(=O)c2ccc(OCC#CCCCN)cc2)[C@H]1C(=O)NO.Cl. The molecule has 0 unspecified atom stereocenters. The van der Waals surface area contributed by atoms with Gasteiger partial charge in [0.2, 0.25) is 10.0 Å². The Balaban J connectivity index is 0.00000450. The van der Waals surface area contributed by atoms with Gasteiger partial charge in [-0.1, -0.05) is 11.8 Å². The molecule has 1 heterocycles. The molecule has 8 nitrogen and oxygen atoms in total. The van der Waals surface area contributed by atoms with E-state index in [1.165, 1.54) is 23.9 Å². The molecule has 0 radical (unpaired) electrons. The molecule has 30 heavy (non-hydrogen) atoms. The lowest BCUT2D eigenvalue weighted by Gasteiger charge is -2.43. The fraction of sp³-hybridized carbons (Fsp3) is 0.526. The lowest BCUT2D eigenvalue weighted by Crippen LogP contribution is -2.61. The molecule has 168 valence electrons. The highest BCUT2D eigenvalue weighted by atomic mass is 35.5. The number of ether oxygens (including phenoxy) is 1. The molecule has 1 aliphatic heterocycles. The predicted octanol–water partition coefficient (Wildman–Crippen LogP) is 1.62. The average molecular weight is 478 g/mol. The van der Waals surface area contributed by atoms with Crippen LogP contribution in [-0.2, 0) is 14.8 Å². The van der Waals surface area contributed by atoms with Crippen molar-refractivity contribution in [2.24, 2.45) is 5.73 Å². The number of hydrogen-bond donors (Lipinski definition) is 3. The van der Waals surface area contributed by atoms with Crippen molar-refractivity contribution in [2.75, 3.05) is 25.4 Å². The van der Waals surface area contributed by atoms with Crippen molar-refractivity contribution < 1.29 is 23.2 Å². The number of sulfonamides is 1. The molecule has 1 saturated heterocycles. The van der Waals surface area contributed by atoms with Gasteiger partial charge in [0, 0.05) is 23.5 Å². The van der Waals surface area contributed by atoms with Gasteiger partial charge in [0.15, 0.2) is 0 Å². The van der Waals surface area contributed by atoms with Crippen LogP contribution >= 0.6 is 24.2 Å². The number of benzene rings is 1. The van der Waals surface area contributed by atoms with Crippen molar-refractivity contribution >= 4 is 40.1 Å². The van der Waals surface area contributed by atoms with E-state index in [1.807, 2.05) is 0 Å². The summed E-state index contributed by atoms with van der Waals surface area (Å²) in [5.74, 6) is 6.11. The van der Waals surface area contributed by atoms with Crippen LogP contribution in [0.3, 0.4) is 0 Å². The van der Waals surface area contributed by atoms with Crippen molar-refractivity contribution in [2.45, 2.75) is 42.4 Å². The summed E-state index contributed by atoms with van der Waals surface area (Å²) in [5.41, 5.74) is 6.99. The minimum atomic E-state index is -3.94. The Morgan fingerprint density at radius 2 is 2.03 bits per heavy atom. The second-order valence-electron chi connectivity index (χ2n) is 6.95. The molecule has 2 rings (SSSR count). The molecule has 1 amide bonds. The van der Waals surface area contributed by atoms with Gasteiger partial charge in [0.1, 0.15) is 18.4 Å². The Morgan fingerprint density at radius 3 is 2.63 bits per heavy atom. The maximum absolute atomic E-state index is 13.2. The number of nitrogens with two attached hydrogens (primary N) is 1. The first kappa shape index (κ1) is 26.6. The number of halogens is 1. The van der Waals surface area contributed by atoms with Gasteiger partial charge in [-0.05, 0) is 51.1 Å². The maximum atomic E-state index is 13.2. The molecule has 1 aliphatic rings. The van der Waals surface area contributed by atoms with Gasteiger partial charge in [-0.3, -0.25) is 10.0 Å². The highest BCUT2D eigenvalue weighted by molar-refractivity contribution is 8.00. The van der Waals surface area contributed by atoms with Crippen LogP contribution in [-0.4, -0.2) is 60.1 Å². The van der Waals surface area contributed by atoms with Crippen LogP contribution in [0.15, 0.2) is 29.2 Å². The van der Waals surface area contributed by atoms with Gasteiger partial charge in [-0.25, -0.2) is 13.9 Å². The molecule has 1 fully saturated rings. The number of carbonyl (C=O) groups is 1. The summed E-state index contributed by atoms with van der Waals surface area (Å²) in [7, 11) is -3.94. The van der Waals surface area contributed by atoms with Crippen LogP contribution < -0.4 is 16.0 Å². The van der Waals surface area contributed by atoms with Crippen molar-refractivity contribution in [3.8, 4) is 17.6 Å². The van der Waals surface area contributed by atoms with Crippen LogP contribution in [0.25, 0.3) is 0 Å². The molecular weight excluding hydrogens is 450 g/mol. The van der Waals surface area contributed by atoms with E-state index in [0.29, 0.717) is 24.5 Å². The number of hydrogen-bond acceptors (Lipinski definition) is 7. The molecule has 1 atom stereocenters. The second kappa shape index (κ2) is 11.8. The summed E-state index contributed by atoms with van der Waals surface area (Å²) in [4.78, 5) is 12.3. The number of nitrogens with zero attached hydrogens (tertiary/aromatic N) is 1. The van der Waals surface area contributed by atoms with Crippen LogP contribution in [0, 0.1) is 11.8 Å². The molecule has 11 heteroatoms. The summed E-state index contributed by atoms with van der Waals surface area (Å²) in [6.07, 6.45) is 1.55. The summed E-state index contributed by atoms with van der Waals surface area (Å²) in [6.45, 7) is 4.53. The Hall–Kier alpha value is -1.48. The number of hydroxylamine groups is 1. The summed E-state index contributed by atoms with van der Waals surface area (Å²) >= 11 is 1.49. The van der Waals surface area contributed by atoms with Crippen LogP contribution in [0.1, 0.15) is 26.7 Å². The van der Waals surface area contributed by atoms with Crippen LogP contribution in [0.4, 0.5) is 0 Å². The van der Waals surface area contributed by atoms with E-state index >= 15 is 0 Å². The smallest absolute Gasteiger partial charge is 0.263 e. The minimum Gasteiger partial charge on any atom is -0.481 e. The predicted molar refractivity (Wildman–Crippen MR) is 119 cm³/mol. The Kier molecular flexibility index (Phi) is 10.4. The standard InChI is InChI=1S/C19H27N3O5S2.ClH/c1-19(2)17(18(23)21-24)22(12-14-28-19)29(25,26)16-9-7-15(8-10-16)27-13-6-4-3-5-11-20;/h7-10,17,24H,3,5,11-14,20H2,1-2H3,(H,21,23);1H/t17-;/m0./s1. The van der Waals surface area contributed by atoms with Gasteiger partial charge in [-0.2, -0.15) is 16.1 Å². The fourth-order valence-corrected chi connectivity index (χ4v) is 6.12. The topological polar surface area (TPSA) is 122 Å². The molecule has 1 aromatic carbocycles. The summed E-state index contributed by atoms with van der Waals surface area (Å²) < 4.78 is 32.3. The number of rotatable bonds is 7. The zero-order valence-corrected chi connectivity index (χ0v) is 19.4. The molecule has 0 aromatic heterocycles. The fourth-order valence-electron chi connectivity index (χ4n) is 3.01. The third kappa shape index (κ3) is 6.51. The average Bonchev–Trinajstić information content (AvgIpc) is 2.69. The number of nitrogens with one attached hydrogen (secondary N) is 1. The second-order valence-corrected chi connectivity index (χ2v) is 10.6. The number of unbranched alkanes of at least 4 members (excludes halogenated alkanes) is 1. The molecule has 0 aliphatic carbocycles. The monoisotopic (exact) mass is 477 g/mol. The van der Waals surface area contributed by atoms with E-state index in [4.69, 9.17) is 15.7 Å². The highest BCUT2D eigenvalue weighted by Crippen LogP contribution is 2.38. The molecular formula is C19H28ClN3O5S2. The van der Waals surface area contributed by atoms with Crippen molar-refractivity contribution in [1.29, 1.82) is 0 Å². The first-order chi connectivity index (χ1) is 13.7. The highest BCUT2D eigenvalue weighted by Gasteiger charge is 2.48. The number of carbonyl (C=O) groups excluding carboxylic acids is 1. The quantitative estimate of drug-likeness (QED) is 0.236.